The van der Waals surface area contributed by atoms with Crippen LogP contribution in [0.15, 0.2) is 24.3 Å². The first-order valence-electron chi connectivity index (χ1n) is 6.54. The first-order chi connectivity index (χ1) is 9.22. The number of ether oxygens (including phenoxy) is 1. The molecule has 1 aliphatic rings. The summed E-state index contributed by atoms with van der Waals surface area (Å²) in [7, 11) is 0. The number of likely N-dealkylation sites (tertiary alicyclic amines) is 1. The number of hydrogen-bond acceptors (Lipinski definition) is 3. The van der Waals surface area contributed by atoms with Gasteiger partial charge in [0.15, 0.2) is 5.11 Å². The molecule has 4 nitrogen and oxygen atoms in total. The van der Waals surface area contributed by atoms with E-state index in [4.69, 9.17) is 17.0 Å². The molecule has 1 heterocycles. The highest BCUT2D eigenvalue weighted by atomic mass is 32.1. The van der Waals surface area contributed by atoms with Crippen LogP contribution in [0, 0.1) is 0 Å². The second-order valence-corrected chi connectivity index (χ2v) is 4.77. The van der Waals surface area contributed by atoms with Crippen molar-refractivity contribution < 1.29 is 9.53 Å². The van der Waals surface area contributed by atoms with Crippen molar-refractivity contribution in [2.75, 3.05) is 19.7 Å². The third-order valence-electron chi connectivity index (χ3n) is 3.05. The largest absolute Gasteiger partial charge is 0.493 e. The summed E-state index contributed by atoms with van der Waals surface area (Å²) in [4.78, 5) is 14.2. The molecule has 1 amide bonds. The Balaban J connectivity index is 2.04. The summed E-state index contributed by atoms with van der Waals surface area (Å²) in [6.07, 6.45) is 2.26. The number of thiocarbonyl (C=S) groups is 1. The molecule has 1 aromatic rings. The normalized spacial score (nSPS) is 14.3. The van der Waals surface area contributed by atoms with Gasteiger partial charge in [-0.15, -0.1) is 0 Å². The lowest BCUT2D eigenvalue weighted by molar-refractivity contribution is 0.0970. The molecule has 1 aliphatic heterocycles. The Kier molecular flexibility index (Phi) is 4.74. The number of para-hydroxylation sites is 1. The molecular formula is C14H18N2O2S. The van der Waals surface area contributed by atoms with Crippen molar-refractivity contribution in [2.24, 2.45) is 0 Å². The van der Waals surface area contributed by atoms with Crippen LogP contribution in [-0.2, 0) is 0 Å². The molecule has 1 aromatic carbocycles. The lowest BCUT2D eigenvalue weighted by Crippen LogP contribution is -2.41. The number of carbonyl (C=O) groups excluding carboxylic acids is 1. The Hall–Kier alpha value is -1.62. The maximum absolute atomic E-state index is 12.2. The van der Waals surface area contributed by atoms with Crippen LogP contribution in [0.2, 0.25) is 0 Å². The molecule has 2 rings (SSSR count). The maximum Gasteiger partial charge on any atom is 0.261 e. The van der Waals surface area contributed by atoms with Crippen LogP contribution in [0.25, 0.3) is 0 Å². The first kappa shape index (κ1) is 13.8. The van der Waals surface area contributed by atoms with Crippen LogP contribution >= 0.6 is 12.2 Å². The number of rotatable bonds is 3. The van der Waals surface area contributed by atoms with Gasteiger partial charge < -0.3 is 9.64 Å². The van der Waals surface area contributed by atoms with Gasteiger partial charge in [0.2, 0.25) is 0 Å². The van der Waals surface area contributed by atoms with Crippen molar-refractivity contribution >= 4 is 23.2 Å². The van der Waals surface area contributed by atoms with E-state index in [0.717, 1.165) is 25.9 Å². The topological polar surface area (TPSA) is 41.6 Å². The highest BCUT2D eigenvalue weighted by molar-refractivity contribution is 7.80. The molecule has 0 aliphatic carbocycles. The third kappa shape index (κ3) is 3.44. The van der Waals surface area contributed by atoms with Crippen molar-refractivity contribution in [2.45, 2.75) is 19.8 Å². The number of nitrogens with one attached hydrogen (secondary N) is 1. The van der Waals surface area contributed by atoms with E-state index in [9.17, 15) is 4.79 Å². The highest BCUT2D eigenvalue weighted by Gasteiger charge is 2.18. The van der Waals surface area contributed by atoms with E-state index in [1.165, 1.54) is 0 Å². The molecule has 0 radical (unpaired) electrons. The van der Waals surface area contributed by atoms with Crippen LogP contribution in [0.1, 0.15) is 30.1 Å². The fourth-order valence-corrected chi connectivity index (χ4v) is 2.37. The molecule has 1 saturated heterocycles. The van der Waals surface area contributed by atoms with Gasteiger partial charge in [0.1, 0.15) is 5.75 Å². The summed E-state index contributed by atoms with van der Waals surface area (Å²) < 4.78 is 5.45. The number of carbonyl (C=O) groups is 1. The van der Waals surface area contributed by atoms with E-state index in [1.54, 1.807) is 12.1 Å². The zero-order chi connectivity index (χ0) is 13.7. The lowest BCUT2D eigenvalue weighted by atomic mass is 10.2. The quantitative estimate of drug-likeness (QED) is 0.861. The molecule has 5 heteroatoms. The number of nitrogens with zero attached hydrogens (tertiary/aromatic N) is 1. The smallest absolute Gasteiger partial charge is 0.261 e. The van der Waals surface area contributed by atoms with Gasteiger partial charge in [-0.1, -0.05) is 12.1 Å². The highest BCUT2D eigenvalue weighted by Crippen LogP contribution is 2.18. The van der Waals surface area contributed by atoms with Gasteiger partial charge in [-0.2, -0.15) is 0 Å². The third-order valence-corrected chi connectivity index (χ3v) is 3.41. The summed E-state index contributed by atoms with van der Waals surface area (Å²) in [6, 6.07) is 7.20. The second-order valence-electron chi connectivity index (χ2n) is 4.38. The minimum Gasteiger partial charge on any atom is -0.493 e. The van der Waals surface area contributed by atoms with Crippen molar-refractivity contribution in [3.63, 3.8) is 0 Å². The first-order valence-corrected chi connectivity index (χ1v) is 6.95. The standard InChI is InChI=1S/C14H18N2O2S/c1-2-18-12-8-4-3-7-11(12)13(17)15-14(19)16-9-5-6-10-16/h3-4,7-8H,2,5-6,9-10H2,1H3,(H,15,17,19). The summed E-state index contributed by atoms with van der Waals surface area (Å²) in [5, 5.41) is 3.28. The van der Waals surface area contributed by atoms with Crippen LogP contribution in [0.4, 0.5) is 0 Å². The van der Waals surface area contributed by atoms with E-state index in [1.807, 2.05) is 24.0 Å². The van der Waals surface area contributed by atoms with E-state index in [-0.39, 0.29) is 5.91 Å². The maximum atomic E-state index is 12.2. The summed E-state index contributed by atoms with van der Waals surface area (Å²) in [5.74, 6) is 0.382. The van der Waals surface area contributed by atoms with Gasteiger partial charge in [-0.05, 0) is 44.1 Å². The second kappa shape index (κ2) is 6.52. The van der Waals surface area contributed by atoms with Crippen molar-refractivity contribution in [1.29, 1.82) is 0 Å². The van der Waals surface area contributed by atoms with Gasteiger partial charge >= 0.3 is 0 Å². The molecular weight excluding hydrogens is 260 g/mol. The molecule has 0 bridgehead atoms. The average molecular weight is 278 g/mol. The molecule has 1 N–H and O–H groups in total. The minimum absolute atomic E-state index is 0.207. The van der Waals surface area contributed by atoms with Gasteiger partial charge in [0.05, 0.1) is 12.2 Å². The summed E-state index contributed by atoms with van der Waals surface area (Å²) in [5.41, 5.74) is 0.519. The summed E-state index contributed by atoms with van der Waals surface area (Å²) >= 11 is 5.25. The number of benzene rings is 1. The molecule has 0 saturated carbocycles. The Bertz CT molecular complexity index is 470. The summed E-state index contributed by atoms with van der Waals surface area (Å²) in [6.45, 7) is 4.27. The monoisotopic (exact) mass is 278 g/mol. The van der Waals surface area contributed by atoms with Gasteiger partial charge in [0.25, 0.3) is 5.91 Å². The molecule has 19 heavy (non-hydrogen) atoms. The Morgan fingerprint density at radius 1 is 1.37 bits per heavy atom. The van der Waals surface area contributed by atoms with Crippen LogP contribution in [0.3, 0.4) is 0 Å². The predicted molar refractivity (Wildman–Crippen MR) is 78.5 cm³/mol. The van der Waals surface area contributed by atoms with E-state index in [0.29, 0.717) is 23.0 Å². The van der Waals surface area contributed by atoms with Crippen LogP contribution in [0.5, 0.6) is 5.75 Å². The fourth-order valence-electron chi connectivity index (χ4n) is 2.10. The molecule has 102 valence electrons. The van der Waals surface area contributed by atoms with Gasteiger partial charge in [-0.3, -0.25) is 10.1 Å². The molecule has 0 spiro atoms. The number of hydrogen-bond donors (Lipinski definition) is 1. The van der Waals surface area contributed by atoms with Gasteiger partial charge in [-0.25, -0.2) is 0 Å². The number of amides is 1. The lowest BCUT2D eigenvalue weighted by Gasteiger charge is -2.19. The van der Waals surface area contributed by atoms with E-state index in [2.05, 4.69) is 5.32 Å². The fraction of sp³-hybridized carbons (Fsp3) is 0.429. The Morgan fingerprint density at radius 2 is 2.05 bits per heavy atom. The van der Waals surface area contributed by atoms with Crippen LogP contribution in [-0.4, -0.2) is 35.6 Å². The Morgan fingerprint density at radius 3 is 2.74 bits per heavy atom. The van der Waals surface area contributed by atoms with E-state index >= 15 is 0 Å². The zero-order valence-electron chi connectivity index (χ0n) is 11.0. The molecule has 1 fully saturated rings. The molecule has 0 aromatic heterocycles. The van der Waals surface area contributed by atoms with Crippen molar-refractivity contribution in [3.05, 3.63) is 29.8 Å². The molecule has 0 atom stereocenters. The molecule has 0 unspecified atom stereocenters. The predicted octanol–water partition coefficient (Wildman–Crippen LogP) is 2.20. The van der Waals surface area contributed by atoms with Crippen molar-refractivity contribution in [3.8, 4) is 5.75 Å². The van der Waals surface area contributed by atoms with Crippen molar-refractivity contribution in [1.82, 2.24) is 10.2 Å². The van der Waals surface area contributed by atoms with Crippen LogP contribution < -0.4 is 10.1 Å². The SMILES string of the molecule is CCOc1ccccc1C(=O)NC(=S)N1CCCC1. The Labute approximate surface area is 118 Å². The average Bonchev–Trinajstić information content (AvgIpc) is 2.93. The van der Waals surface area contributed by atoms with E-state index < -0.39 is 0 Å². The minimum atomic E-state index is -0.207. The zero-order valence-corrected chi connectivity index (χ0v) is 11.8. The van der Waals surface area contributed by atoms with Gasteiger partial charge in [0, 0.05) is 13.1 Å².